The average molecular weight is 493 g/mol. The Kier molecular flexibility index (Phi) is 6.98. The standard InChI is InChI=1S/C25H24N4O5S/c1-35(32,33)22-7-5-18(6-8-22)17-29-14-11-27-23(25(29)31)34-21-9-12-28(13-10-21)24(30)20-4-2-3-19(15-20)16-26/h2-8,11,14-15,21H,9-10,12-13,17H2,1H3. The van der Waals surface area contributed by atoms with Gasteiger partial charge in [0.25, 0.3) is 11.8 Å². The lowest BCUT2D eigenvalue weighted by molar-refractivity contribution is 0.0583. The van der Waals surface area contributed by atoms with Crippen LogP contribution in [0.4, 0.5) is 0 Å². The number of sulfone groups is 1. The molecule has 1 aromatic heterocycles. The van der Waals surface area contributed by atoms with Crippen LogP contribution in [-0.4, -0.2) is 54.2 Å². The van der Waals surface area contributed by atoms with E-state index in [0.29, 0.717) is 37.1 Å². The molecule has 1 amide bonds. The number of hydrogen-bond donors (Lipinski definition) is 0. The molecular weight excluding hydrogens is 468 g/mol. The van der Waals surface area contributed by atoms with Gasteiger partial charge >= 0.3 is 5.56 Å². The molecule has 0 unspecified atom stereocenters. The molecule has 2 aromatic carbocycles. The summed E-state index contributed by atoms with van der Waals surface area (Å²) in [4.78, 5) is 31.7. The maximum absolute atomic E-state index is 12.9. The molecule has 0 atom stereocenters. The molecule has 1 saturated heterocycles. The van der Waals surface area contributed by atoms with Crippen LogP contribution in [0, 0.1) is 11.3 Å². The van der Waals surface area contributed by atoms with Crippen molar-refractivity contribution in [3.05, 3.63) is 88.0 Å². The topological polar surface area (TPSA) is 122 Å². The molecule has 3 aromatic rings. The highest BCUT2D eigenvalue weighted by molar-refractivity contribution is 7.90. The summed E-state index contributed by atoms with van der Waals surface area (Å²) in [6, 6.07) is 15.0. The molecule has 2 heterocycles. The Morgan fingerprint density at radius 2 is 1.89 bits per heavy atom. The van der Waals surface area contributed by atoms with Crippen molar-refractivity contribution in [2.75, 3.05) is 19.3 Å². The number of carbonyl (C=O) groups is 1. The monoisotopic (exact) mass is 492 g/mol. The molecule has 1 aliphatic rings. The highest BCUT2D eigenvalue weighted by Gasteiger charge is 2.26. The Hall–Kier alpha value is -3.97. The maximum atomic E-state index is 12.9. The van der Waals surface area contributed by atoms with E-state index in [1.54, 1.807) is 47.5 Å². The molecule has 1 aliphatic heterocycles. The van der Waals surface area contributed by atoms with Gasteiger partial charge in [-0.2, -0.15) is 5.26 Å². The van der Waals surface area contributed by atoms with Crippen LogP contribution in [0.5, 0.6) is 5.88 Å². The number of benzene rings is 2. The number of amides is 1. The molecule has 0 aliphatic carbocycles. The second-order valence-electron chi connectivity index (χ2n) is 8.38. The predicted molar refractivity (Wildman–Crippen MR) is 128 cm³/mol. The van der Waals surface area contributed by atoms with E-state index in [4.69, 9.17) is 10.00 Å². The number of nitriles is 1. The zero-order valence-corrected chi connectivity index (χ0v) is 19.9. The minimum Gasteiger partial charge on any atom is -0.470 e. The van der Waals surface area contributed by atoms with Crippen LogP contribution in [0.1, 0.15) is 34.3 Å². The summed E-state index contributed by atoms with van der Waals surface area (Å²) in [6.07, 6.45) is 5.03. The van der Waals surface area contributed by atoms with Crippen LogP contribution in [0.25, 0.3) is 0 Å². The van der Waals surface area contributed by atoms with Gasteiger partial charge < -0.3 is 14.2 Å². The third kappa shape index (κ3) is 5.75. The fourth-order valence-corrected chi connectivity index (χ4v) is 4.54. The van der Waals surface area contributed by atoms with Gasteiger partial charge in [0, 0.05) is 50.1 Å². The molecule has 0 saturated carbocycles. The van der Waals surface area contributed by atoms with Crippen LogP contribution in [0.2, 0.25) is 0 Å². The molecule has 10 heteroatoms. The molecule has 35 heavy (non-hydrogen) atoms. The Bertz CT molecular complexity index is 1430. The second kappa shape index (κ2) is 10.1. The van der Waals surface area contributed by atoms with E-state index in [-0.39, 0.29) is 34.9 Å². The van der Waals surface area contributed by atoms with Gasteiger partial charge in [-0.3, -0.25) is 9.59 Å². The van der Waals surface area contributed by atoms with E-state index >= 15 is 0 Å². The van der Waals surface area contributed by atoms with Gasteiger partial charge in [0.2, 0.25) is 0 Å². The first kappa shape index (κ1) is 24.2. The molecule has 0 spiro atoms. The predicted octanol–water partition coefficient (Wildman–Crippen LogP) is 2.25. The summed E-state index contributed by atoms with van der Waals surface area (Å²) >= 11 is 0. The Labute approximate surface area is 203 Å². The van der Waals surface area contributed by atoms with Crippen LogP contribution >= 0.6 is 0 Å². The highest BCUT2D eigenvalue weighted by Crippen LogP contribution is 2.18. The third-order valence-corrected chi connectivity index (χ3v) is 6.96. The number of aromatic nitrogens is 2. The van der Waals surface area contributed by atoms with Gasteiger partial charge in [0.1, 0.15) is 6.10 Å². The third-order valence-electron chi connectivity index (χ3n) is 5.83. The molecule has 1 fully saturated rings. The molecule has 4 rings (SSSR count). The number of carbonyl (C=O) groups excluding carboxylic acids is 1. The van der Waals surface area contributed by atoms with Gasteiger partial charge in [0.05, 0.1) is 23.1 Å². The van der Waals surface area contributed by atoms with Crippen LogP contribution in [0.3, 0.4) is 0 Å². The smallest absolute Gasteiger partial charge is 0.313 e. The SMILES string of the molecule is CS(=O)(=O)c1ccc(Cn2ccnc(OC3CCN(C(=O)c4cccc(C#N)c4)CC3)c2=O)cc1. The molecule has 0 bridgehead atoms. The van der Waals surface area contributed by atoms with Crippen molar-refractivity contribution in [1.29, 1.82) is 5.26 Å². The van der Waals surface area contributed by atoms with E-state index in [2.05, 4.69) is 4.98 Å². The molecular formula is C25H24N4O5S. The summed E-state index contributed by atoms with van der Waals surface area (Å²) in [7, 11) is -3.29. The summed E-state index contributed by atoms with van der Waals surface area (Å²) in [5, 5.41) is 9.05. The zero-order chi connectivity index (χ0) is 25.0. The van der Waals surface area contributed by atoms with Crippen molar-refractivity contribution >= 4 is 15.7 Å². The van der Waals surface area contributed by atoms with Crippen LogP contribution in [-0.2, 0) is 16.4 Å². The van der Waals surface area contributed by atoms with Gasteiger partial charge in [-0.1, -0.05) is 18.2 Å². The summed E-state index contributed by atoms with van der Waals surface area (Å²) in [6.45, 7) is 1.18. The van der Waals surface area contributed by atoms with Crippen molar-refractivity contribution in [3.63, 3.8) is 0 Å². The van der Waals surface area contributed by atoms with Gasteiger partial charge in [-0.15, -0.1) is 0 Å². The lowest BCUT2D eigenvalue weighted by Gasteiger charge is -2.32. The fourth-order valence-electron chi connectivity index (χ4n) is 3.91. The Balaban J connectivity index is 1.38. The number of piperidine rings is 1. The van der Waals surface area contributed by atoms with E-state index < -0.39 is 9.84 Å². The fraction of sp³-hybridized carbons (Fsp3) is 0.280. The molecule has 0 radical (unpaired) electrons. The Morgan fingerprint density at radius 1 is 1.17 bits per heavy atom. The van der Waals surface area contributed by atoms with Crippen LogP contribution < -0.4 is 10.3 Å². The normalized spacial score (nSPS) is 14.3. The number of rotatable bonds is 6. The number of hydrogen-bond acceptors (Lipinski definition) is 7. The van der Waals surface area contributed by atoms with Crippen LogP contribution in [0.15, 0.2) is 70.6 Å². The Morgan fingerprint density at radius 3 is 2.54 bits per heavy atom. The van der Waals surface area contributed by atoms with E-state index in [9.17, 15) is 18.0 Å². The van der Waals surface area contributed by atoms with Crippen molar-refractivity contribution < 1.29 is 17.9 Å². The quantitative estimate of drug-likeness (QED) is 0.517. The first-order valence-corrected chi connectivity index (χ1v) is 12.9. The van der Waals surface area contributed by atoms with Gasteiger partial charge in [-0.05, 0) is 35.9 Å². The van der Waals surface area contributed by atoms with Crippen molar-refractivity contribution in [2.45, 2.75) is 30.4 Å². The number of ether oxygens (including phenoxy) is 1. The average Bonchev–Trinajstić information content (AvgIpc) is 2.86. The molecule has 9 nitrogen and oxygen atoms in total. The van der Waals surface area contributed by atoms with Crippen molar-refractivity contribution in [2.24, 2.45) is 0 Å². The number of nitrogens with zero attached hydrogens (tertiary/aromatic N) is 4. The van der Waals surface area contributed by atoms with Gasteiger partial charge in [-0.25, -0.2) is 13.4 Å². The molecule has 0 N–H and O–H groups in total. The minimum absolute atomic E-state index is 0.00764. The molecule has 180 valence electrons. The van der Waals surface area contributed by atoms with Crippen molar-refractivity contribution in [1.82, 2.24) is 14.5 Å². The van der Waals surface area contributed by atoms with Crippen molar-refractivity contribution in [3.8, 4) is 11.9 Å². The zero-order valence-electron chi connectivity index (χ0n) is 19.1. The summed E-state index contributed by atoms with van der Waals surface area (Å²) in [5.41, 5.74) is 1.29. The first-order valence-electron chi connectivity index (χ1n) is 11.0. The lowest BCUT2D eigenvalue weighted by Crippen LogP contribution is -2.42. The highest BCUT2D eigenvalue weighted by atomic mass is 32.2. The number of likely N-dealkylation sites (tertiary alicyclic amines) is 1. The summed E-state index contributed by atoms with van der Waals surface area (Å²) in [5.74, 6) is -0.144. The minimum atomic E-state index is -3.29. The largest absolute Gasteiger partial charge is 0.470 e. The van der Waals surface area contributed by atoms with E-state index in [0.717, 1.165) is 11.8 Å². The lowest BCUT2D eigenvalue weighted by atomic mass is 10.1. The van der Waals surface area contributed by atoms with Gasteiger partial charge in [0.15, 0.2) is 9.84 Å². The summed E-state index contributed by atoms with van der Waals surface area (Å²) < 4.78 is 30.6. The van der Waals surface area contributed by atoms with E-state index in [1.165, 1.54) is 22.9 Å². The first-order chi connectivity index (χ1) is 16.7. The van der Waals surface area contributed by atoms with E-state index in [1.807, 2.05) is 6.07 Å². The maximum Gasteiger partial charge on any atom is 0.313 e. The second-order valence-corrected chi connectivity index (χ2v) is 10.4.